The van der Waals surface area contributed by atoms with E-state index >= 15 is 0 Å². The largest absolute Gasteiger partial charge is 0.482 e. The van der Waals surface area contributed by atoms with Crippen molar-refractivity contribution in [1.82, 2.24) is 5.32 Å². The summed E-state index contributed by atoms with van der Waals surface area (Å²) in [7, 11) is 1.54. The first-order valence-electron chi connectivity index (χ1n) is 8.60. The Morgan fingerprint density at radius 3 is 2.56 bits per heavy atom. The van der Waals surface area contributed by atoms with E-state index in [2.05, 4.69) is 5.32 Å². The van der Waals surface area contributed by atoms with Crippen molar-refractivity contribution < 1.29 is 18.7 Å². The van der Waals surface area contributed by atoms with Crippen molar-refractivity contribution in [1.29, 1.82) is 0 Å². The smallest absolute Gasteiger partial charge is 0.287 e. The lowest BCUT2D eigenvalue weighted by atomic mass is 9.84. The fraction of sp³-hybridized carbons (Fsp3) is 0.238. The molecule has 6 heteroatoms. The van der Waals surface area contributed by atoms with Gasteiger partial charge < -0.3 is 14.5 Å². The molecular formula is C21H18ClNO4. The first-order chi connectivity index (χ1) is 12.8. The van der Waals surface area contributed by atoms with Crippen molar-refractivity contribution in [3.8, 4) is 5.75 Å². The van der Waals surface area contributed by atoms with Gasteiger partial charge in [-0.3, -0.25) is 9.59 Å². The van der Waals surface area contributed by atoms with Crippen LogP contribution in [-0.4, -0.2) is 18.7 Å². The summed E-state index contributed by atoms with van der Waals surface area (Å²) < 4.78 is 12.0. The van der Waals surface area contributed by atoms with Gasteiger partial charge in [0.2, 0.25) is 0 Å². The third-order valence-corrected chi connectivity index (χ3v) is 5.31. The van der Waals surface area contributed by atoms with Crippen LogP contribution in [0.4, 0.5) is 0 Å². The van der Waals surface area contributed by atoms with Crippen LogP contribution in [0.5, 0.6) is 5.75 Å². The van der Waals surface area contributed by atoms with Crippen LogP contribution in [-0.2, 0) is 5.60 Å². The summed E-state index contributed by atoms with van der Waals surface area (Å²) in [6.07, 6.45) is 0.181. The monoisotopic (exact) mass is 383 g/mol. The van der Waals surface area contributed by atoms with Crippen LogP contribution < -0.4 is 10.1 Å². The van der Waals surface area contributed by atoms with Gasteiger partial charge in [-0.25, -0.2) is 0 Å². The number of ketones is 1. The SMILES string of the molecule is CNC(=O)c1oc2ccc3c(c2c1C)C(=O)C[C@@](C)(c1ccc(Cl)cc1)O3. The Labute approximate surface area is 161 Å². The highest BCUT2D eigenvalue weighted by Crippen LogP contribution is 2.44. The minimum Gasteiger partial charge on any atom is -0.482 e. The van der Waals surface area contributed by atoms with E-state index in [9.17, 15) is 9.59 Å². The number of carbonyl (C=O) groups is 2. The second-order valence-corrected chi connectivity index (χ2v) is 7.32. The number of Topliss-reactive ketones (excluding diaryl/α,β-unsaturated/α-hetero) is 1. The summed E-state index contributed by atoms with van der Waals surface area (Å²) in [5.41, 5.74) is 1.69. The van der Waals surface area contributed by atoms with Gasteiger partial charge in [0.05, 0.1) is 12.0 Å². The zero-order valence-electron chi connectivity index (χ0n) is 15.2. The second kappa shape index (κ2) is 6.13. The maximum absolute atomic E-state index is 13.1. The summed E-state index contributed by atoms with van der Waals surface area (Å²) in [5, 5.41) is 3.81. The summed E-state index contributed by atoms with van der Waals surface area (Å²) in [6.45, 7) is 3.66. The van der Waals surface area contributed by atoms with Crippen LogP contribution in [0.3, 0.4) is 0 Å². The Bertz CT molecular complexity index is 1080. The fourth-order valence-electron chi connectivity index (χ4n) is 3.65. The molecule has 138 valence electrons. The number of nitrogens with one attached hydrogen (secondary N) is 1. The number of carbonyl (C=O) groups excluding carboxylic acids is 2. The molecule has 0 saturated heterocycles. The molecule has 2 heterocycles. The lowest BCUT2D eigenvalue weighted by Crippen LogP contribution is -2.36. The number of halogens is 1. The lowest BCUT2D eigenvalue weighted by molar-refractivity contribution is 0.0507. The number of rotatable bonds is 2. The van der Waals surface area contributed by atoms with E-state index in [1.54, 1.807) is 31.2 Å². The average molecular weight is 384 g/mol. The van der Waals surface area contributed by atoms with E-state index in [0.29, 0.717) is 32.9 Å². The van der Waals surface area contributed by atoms with Crippen LogP contribution in [0.1, 0.15) is 45.4 Å². The molecule has 0 radical (unpaired) electrons. The molecule has 27 heavy (non-hydrogen) atoms. The summed E-state index contributed by atoms with van der Waals surface area (Å²) >= 11 is 5.98. The molecule has 1 aliphatic heterocycles. The highest BCUT2D eigenvalue weighted by molar-refractivity contribution is 6.30. The van der Waals surface area contributed by atoms with Crippen LogP contribution >= 0.6 is 11.6 Å². The van der Waals surface area contributed by atoms with E-state index in [0.717, 1.165) is 5.56 Å². The van der Waals surface area contributed by atoms with Crippen LogP contribution in [0.2, 0.25) is 5.02 Å². The van der Waals surface area contributed by atoms with Crippen LogP contribution in [0, 0.1) is 6.92 Å². The molecule has 0 unspecified atom stereocenters. The topological polar surface area (TPSA) is 68.5 Å². The van der Waals surface area contributed by atoms with Crippen molar-refractivity contribution in [3.05, 3.63) is 63.9 Å². The van der Waals surface area contributed by atoms with Gasteiger partial charge in [0.25, 0.3) is 5.91 Å². The minimum atomic E-state index is -0.788. The predicted octanol–water partition coefficient (Wildman–Crippen LogP) is 4.63. The van der Waals surface area contributed by atoms with Crippen molar-refractivity contribution >= 4 is 34.3 Å². The Kier molecular flexibility index (Phi) is 4.00. The molecule has 5 nitrogen and oxygen atoms in total. The van der Waals surface area contributed by atoms with Gasteiger partial charge in [-0.1, -0.05) is 23.7 Å². The summed E-state index contributed by atoms with van der Waals surface area (Å²) in [6, 6.07) is 10.8. The number of ether oxygens (including phenoxy) is 1. The Morgan fingerprint density at radius 1 is 1.19 bits per heavy atom. The molecule has 1 aromatic heterocycles. The molecule has 4 rings (SSSR count). The van der Waals surface area contributed by atoms with Gasteiger partial charge in [-0.15, -0.1) is 0 Å². The molecule has 2 aromatic carbocycles. The van der Waals surface area contributed by atoms with Crippen molar-refractivity contribution in [2.24, 2.45) is 0 Å². The molecule has 1 amide bonds. The van der Waals surface area contributed by atoms with E-state index in [1.165, 1.54) is 7.05 Å². The van der Waals surface area contributed by atoms with Crippen LogP contribution in [0.25, 0.3) is 11.0 Å². The molecule has 0 spiro atoms. The highest BCUT2D eigenvalue weighted by atomic mass is 35.5. The minimum absolute atomic E-state index is 0.0494. The van der Waals surface area contributed by atoms with Gasteiger partial charge >= 0.3 is 0 Å². The maximum Gasteiger partial charge on any atom is 0.287 e. The quantitative estimate of drug-likeness (QED) is 0.700. The first-order valence-corrected chi connectivity index (χ1v) is 8.98. The third kappa shape index (κ3) is 2.70. The van der Waals surface area contributed by atoms with Crippen LogP contribution in [0.15, 0.2) is 40.8 Å². The van der Waals surface area contributed by atoms with Crippen molar-refractivity contribution in [3.63, 3.8) is 0 Å². The van der Waals surface area contributed by atoms with Gasteiger partial charge in [-0.2, -0.15) is 0 Å². The maximum atomic E-state index is 13.1. The van der Waals surface area contributed by atoms with Crippen molar-refractivity contribution in [2.75, 3.05) is 7.05 Å². The number of furan rings is 1. The number of benzene rings is 2. The van der Waals surface area contributed by atoms with Gasteiger partial charge in [0.1, 0.15) is 16.9 Å². The Hall–Kier alpha value is -2.79. The highest BCUT2D eigenvalue weighted by Gasteiger charge is 2.40. The molecule has 1 aliphatic rings. The molecule has 1 N–H and O–H groups in total. The van der Waals surface area contributed by atoms with E-state index in [4.69, 9.17) is 20.8 Å². The van der Waals surface area contributed by atoms with Crippen molar-refractivity contribution in [2.45, 2.75) is 25.9 Å². The zero-order chi connectivity index (χ0) is 19.3. The Balaban J connectivity index is 1.86. The molecule has 0 fully saturated rings. The number of fused-ring (bicyclic) bond motifs is 3. The Morgan fingerprint density at radius 2 is 1.89 bits per heavy atom. The summed E-state index contributed by atoms with van der Waals surface area (Å²) in [5.74, 6) is 0.322. The standard InChI is InChI=1S/C21H18ClNO4/c1-11-17-15(26-19(11)20(25)23-3)8-9-16-18(17)14(24)10-21(2,27-16)12-4-6-13(22)7-5-12/h4-9H,10H2,1-3H3,(H,23,25)/t21-/m0/s1. The van der Waals surface area contributed by atoms with Gasteiger partial charge in [0, 0.05) is 23.0 Å². The summed E-state index contributed by atoms with van der Waals surface area (Å²) in [4.78, 5) is 25.1. The molecule has 0 bridgehead atoms. The van der Waals surface area contributed by atoms with E-state index < -0.39 is 5.60 Å². The zero-order valence-corrected chi connectivity index (χ0v) is 15.9. The third-order valence-electron chi connectivity index (χ3n) is 5.06. The molecule has 3 aromatic rings. The molecular weight excluding hydrogens is 366 g/mol. The first kappa shape index (κ1) is 17.6. The number of aryl methyl sites for hydroxylation is 1. The number of hydrogen-bond acceptors (Lipinski definition) is 4. The van der Waals surface area contributed by atoms with Gasteiger partial charge in [0.15, 0.2) is 11.5 Å². The number of amides is 1. The fourth-order valence-corrected chi connectivity index (χ4v) is 3.78. The average Bonchev–Trinajstić information content (AvgIpc) is 2.98. The van der Waals surface area contributed by atoms with E-state index in [1.807, 2.05) is 19.1 Å². The molecule has 0 saturated carbocycles. The lowest BCUT2D eigenvalue weighted by Gasteiger charge is -2.35. The molecule has 1 atom stereocenters. The second-order valence-electron chi connectivity index (χ2n) is 6.89. The van der Waals surface area contributed by atoms with E-state index in [-0.39, 0.29) is 23.9 Å². The van der Waals surface area contributed by atoms with Gasteiger partial charge in [-0.05, 0) is 43.7 Å². The molecule has 0 aliphatic carbocycles. The predicted molar refractivity (Wildman–Crippen MR) is 103 cm³/mol. The number of hydrogen-bond donors (Lipinski definition) is 1. The normalized spacial score (nSPS) is 18.9.